The number of rotatable bonds is 8. The van der Waals surface area contributed by atoms with Gasteiger partial charge < -0.3 is 15.5 Å². The number of para-hydroxylation sites is 1. The highest BCUT2D eigenvalue weighted by atomic mass is 35.5. The van der Waals surface area contributed by atoms with Crippen LogP contribution in [0.4, 0.5) is 22.5 Å². The summed E-state index contributed by atoms with van der Waals surface area (Å²) in [4.78, 5) is 55.2. The van der Waals surface area contributed by atoms with Crippen LogP contribution < -0.4 is 20.9 Å². The minimum absolute atomic E-state index is 0.197. The van der Waals surface area contributed by atoms with Crippen LogP contribution in [0.25, 0.3) is 0 Å². The van der Waals surface area contributed by atoms with E-state index in [-0.39, 0.29) is 23.6 Å². The Morgan fingerprint density at radius 3 is 2.58 bits per heavy atom. The summed E-state index contributed by atoms with van der Waals surface area (Å²) in [7, 11) is 0. The first kappa shape index (κ1) is 30.6. The highest BCUT2D eigenvalue weighted by Crippen LogP contribution is 2.29. The topological polar surface area (TPSA) is 132 Å². The van der Waals surface area contributed by atoms with E-state index in [1.165, 1.54) is 23.1 Å². The number of piperazine rings is 1. The highest BCUT2D eigenvalue weighted by molar-refractivity contribution is 7.17. The number of nitrogens with zero attached hydrogens (tertiary/aromatic N) is 5. The van der Waals surface area contributed by atoms with Crippen LogP contribution in [-0.2, 0) is 16.1 Å². The van der Waals surface area contributed by atoms with Crippen LogP contribution in [0.5, 0.6) is 0 Å². The van der Waals surface area contributed by atoms with Crippen molar-refractivity contribution in [2.45, 2.75) is 39.2 Å². The predicted octanol–water partition coefficient (Wildman–Crippen LogP) is 5.04. The Balaban J connectivity index is 1.03. The molecule has 2 aromatic heterocycles. The fourth-order valence-corrected chi connectivity index (χ4v) is 6.54. The first-order chi connectivity index (χ1) is 21.7. The maximum Gasteiger partial charge on any atom is 0.267 e. The third-order valence-corrected chi connectivity index (χ3v) is 9.20. The lowest BCUT2D eigenvalue weighted by Gasteiger charge is -2.35. The molecule has 232 valence electrons. The molecule has 2 aromatic carbocycles. The van der Waals surface area contributed by atoms with Crippen LogP contribution >= 0.6 is 22.9 Å². The molecule has 0 spiro atoms. The summed E-state index contributed by atoms with van der Waals surface area (Å²) in [5.74, 6) is 1.13. The molecule has 1 atom stereocenters. The normalized spacial score (nSPS) is 17.2. The van der Waals surface area contributed by atoms with Crippen LogP contribution in [0.1, 0.15) is 50.9 Å². The number of imide groups is 1. The summed E-state index contributed by atoms with van der Waals surface area (Å²) >= 11 is 7.50. The molecule has 13 heteroatoms. The highest BCUT2D eigenvalue weighted by Gasteiger charge is 2.28. The molecule has 45 heavy (non-hydrogen) atoms. The van der Waals surface area contributed by atoms with E-state index in [4.69, 9.17) is 11.6 Å². The number of amides is 3. The number of hydrogen-bond donors (Lipinski definition) is 3. The average molecular weight is 645 g/mol. The number of anilines is 4. The van der Waals surface area contributed by atoms with E-state index in [0.717, 1.165) is 49.7 Å². The predicted molar refractivity (Wildman–Crippen MR) is 175 cm³/mol. The number of nitrogens with one attached hydrogen (secondary N) is 3. The van der Waals surface area contributed by atoms with Crippen molar-refractivity contribution >= 4 is 63.1 Å². The molecule has 11 nitrogen and oxygen atoms in total. The number of aromatic nitrogens is 3. The van der Waals surface area contributed by atoms with Crippen molar-refractivity contribution in [3.05, 3.63) is 87.1 Å². The van der Waals surface area contributed by atoms with E-state index in [1.807, 2.05) is 44.2 Å². The number of aryl methyl sites for hydroxylation is 2. The van der Waals surface area contributed by atoms with Gasteiger partial charge in [-0.2, -0.15) is 0 Å². The van der Waals surface area contributed by atoms with Gasteiger partial charge in [-0.1, -0.05) is 59.3 Å². The summed E-state index contributed by atoms with van der Waals surface area (Å²) in [6.07, 6.45) is 2.46. The van der Waals surface area contributed by atoms with Gasteiger partial charge in [0.05, 0.1) is 22.8 Å². The fourth-order valence-electron chi connectivity index (χ4n) is 5.55. The number of thiazole rings is 1. The molecule has 4 heterocycles. The Morgan fingerprint density at radius 2 is 1.84 bits per heavy atom. The third kappa shape index (κ3) is 7.30. The standard InChI is InChI=1S/C32H33ClN8O3S/c1-19-4-3-5-24(33)29(19)39-31(44)25-17-34-32(45-25)37-26-16-27(36-20(2)35-26)41-14-12-40(13-15-41)18-21-6-8-22(9-7-21)23-10-11-28(42)38-30(23)43/h3-9,16-17,23H,10-15,18H2,1-2H3,(H,39,44)(H,38,42,43)(H,34,35,36,37). The Hall–Kier alpha value is -4.39. The van der Waals surface area contributed by atoms with Gasteiger partial charge in [0.25, 0.3) is 5.91 Å². The van der Waals surface area contributed by atoms with E-state index in [1.54, 1.807) is 6.07 Å². The quantitative estimate of drug-likeness (QED) is 0.226. The smallest absolute Gasteiger partial charge is 0.267 e. The molecular weight excluding hydrogens is 612 g/mol. The van der Waals surface area contributed by atoms with Crippen molar-refractivity contribution in [3.63, 3.8) is 0 Å². The van der Waals surface area contributed by atoms with Gasteiger partial charge in [0.15, 0.2) is 5.13 Å². The minimum Gasteiger partial charge on any atom is -0.354 e. The Morgan fingerprint density at radius 1 is 1.07 bits per heavy atom. The Kier molecular flexibility index (Phi) is 9.06. The van der Waals surface area contributed by atoms with Gasteiger partial charge in [0.1, 0.15) is 22.3 Å². The lowest BCUT2D eigenvalue weighted by Crippen LogP contribution is -2.46. The average Bonchev–Trinajstić information content (AvgIpc) is 3.48. The van der Waals surface area contributed by atoms with Gasteiger partial charge in [0, 0.05) is 45.2 Å². The summed E-state index contributed by atoms with van der Waals surface area (Å²) in [5.41, 5.74) is 3.60. The first-order valence-corrected chi connectivity index (χ1v) is 16.0. The van der Waals surface area contributed by atoms with Crippen molar-refractivity contribution < 1.29 is 14.4 Å². The van der Waals surface area contributed by atoms with E-state index in [9.17, 15) is 14.4 Å². The monoisotopic (exact) mass is 644 g/mol. The molecule has 6 rings (SSSR count). The van der Waals surface area contributed by atoms with Gasteiger partial charge in [0.2, 0.25) is 11.8 Å². The summed E-state index contributed by atoms with van der Waals surface area (Å²) in [5, 5.41) is 9.58. The SMILES string of the molecule is Cc1nc(Nc2ncc(C(=O)Nc3c(C)cccc3Cl)s2)cc(N2CCN(Cc3ccc(C4CCC(=O)NC4=O)cc3)CC2)n1. The molecular formula is C32H33ClN8O3S. The van der Waals surface area contributed by atoms with Gasteiger partial charge in [-0.3, -0.25) is 24.6 Å². The maximum atomic E-state index is 12.9. The molecule has 0 aliphatic carbocycles. The zero-order valence-corrected chi connectivity index (χ0v) is 26.5. The van der Waals surface area contributed by atoms with Gasteiger partial charge in [-0.15, -0.1) is 0 Å². The zero-order valence-electron chi connectivity index (χ0n) is 25.0. The molecule has 0 saturated carbocycles. The zero-order chi connectivity index (χ0) is 31.5. The van der Waals surface area contributed by atoms with Crippen LogP contribution in [0.3, 0.4) is 0 Å². The molecule has 4 aromatic rings. The van der Waals surface area contributed by atoms with Gasteiger partial charge >= 0.3 is 0 Å². The summed E-state index contributed by atoms with van der Waals surface area (Å²) in [6, 6.07) is 15.5. The summed E-state index contributed by atoms with van der Waals surface area (Å²) < 4.78 is 0. The van der Waals surface area contributed by atoms with Crippen molar-refractivity contribution in [1.29, 1.82) is 0 Å². The van der Waals surface area contributed by atoms with E-state index in [2.05, 4.69) is 52.8 Å². The fraction of sp³-hybridized carbons (Fsp3) is 0.312. The first-order valence-electron chi connectivity index (χ1n) is 14.8. The number of benzene rings is 2. The van der Waals surface area contributed by atoms with E-state index in [0.29, 0.717) is 45.2 Å². The van der Waals surface area contributed by atoms with Crippen molar-refractivity contribution in [2.24, 2.45) is 0 Å². The molecule has 2 saturated heterocycles. The Bertz CT molecular complexity index is 1720. The molecule has 2 fully saturated rings. The Labute approximate surface area is 270 Å². The molecule has 0 radical (unpaired) electrons. The molecule has 2 aliphatic heterocycles. The van der Waals surface area contributed by atoms with Crippen molar-refractivity contribution in [1.82, 2.24) is 25.2 Å². The summed E-state index contributed by atoms with van der Waals surface area (Å²) in [6.45, 7) is 7.93. The van der Waals surface area contributed by atoms with Crippen LogP contribution in [0.15, 0.2) is 54.7 Å². The number of carbonyl (C=O) groups is 3. The molecule has 1 unspecified atom stereocenters. The van der Waals surface area contributed by atoms with Crippen molar-refractivity contribution in [3.8, 4) is 0 Å². The van der Waals surface area contributed by atoms with E-state index < -0.39 is 0 Å². The van der Waals surface area contributed by atoms with Crippen LogP contribution in [-0.4, -0.2) is 63.8 Å². The molecule has 3 amide bonds. The van der Waals surface area contributed by atoms with Crippen LogP contribution in [0, 0.1) is 13.8 Å². The van der Waals surface area contributed by atoms with Gasteiger partial charge in [-0.25, -0.2) is 15.0 Å². The van der Waals surface area contributed by atoms with Crippen LogP contribution in [0.2, 0.25) is 5.02 Å². The second-order valence-electron chi connectivity index (χ2n) is 11.2. The lowest BCUT2D eigenvalue weighted by atomic mass is 9.90. The number of hydrogen-bond acceptors (Lipinski definition) is 10. The van der Waals surface area contributed by atoms with E-state index >= 15 is 0 Å². The lowest BCUT2D eigenvalue weighted by molar-refractivity contribution is -0.134. The number of halogens is 1. The molecule has 3 N–H and O–H groups in total. The van der Waals surface area contributed by atoms with Crippen molar-refractivity contribution in [2.75, 3.05) is 41.7 Å². The molecule has 0 bridgehead atoms. The second kappa shape index (κ2) is 13.3. The number of carbonyl (C=O) groups excluding carboxylic acids is 3. The minimum atomic E-state index is -0.278. The number of piperidine rings is 1. The third-order valence-electron chi connectivity index (χ3n) is 7.97. The van der Waals surface area contributed by atoms with Gasteiger partial charge in [-0.05, 0) is 43.0 Å². The largest absolute Gasteiger partial charge is 0.354 e. The maximum absolute atomic E-state index is 12.9. The second-order valence-corrected chi connectivity index (χ2v) is 12.6. The molecule has 2 aliphatic rings.